The van der Waals surface area contributed by atoms with E-state index in [0.29, 0.717) is 17.9 Å². The maximum absolute atomic E-state index is 12.9. The second kappa shape index (κ2) is 9.04. The molecule has 0 radical (unpaired) electrons. The lowest BCUT2D eigenvalue weighted by molar-refractivity contribution is 0.0285. The van der Waals surface area contributed by atoms with E-state index in [1.807, 2.05) is 76.2 Å². The highest BCUT2D eigenvalue weighted by atomic mass is 16.6. The molecule has 0 aliphatic carbocycles. The minimum Gasteiger partial charge on any atom is -0.444 e. The molecule has 0 spiro atoms. The lowest BCUT2D eigenvalue weighted by Gasteiger charge is -2.25. The molecule has 162 valence electrons. The molecule has 3 rings (SSSR count). The molecule has 0 aliphatic rings. The maximum atomic E-state index is 12.9. The van der Waals surface area contributed by atoms with Crippen LogP contribution in [0.15, 0.2) is 60.7 Å². The SMILES string of the molecule is Cc1cc(C(=O)Nc2ccccc2CN(C)C(=O)OC(C)(C)C)nn1-c1ccccc1. The molecule has 1 aromatic heterocycles. The summed E-state index contributed by atoms with van der Waals surface area (Å²) in [5.74, 6) is -0.315. The van der Waals surface area contributed by atoms with E-state index in [9.17, 15) is 9.59 Å². The van der Waals surface area contributed by atoms with Crippen molar-refractivity contribution in [3.8, 4) is 5.69 Å². The van der Waals surface area contributed by atoms with Gasteiger partial charge in [0.05, 0.1) is 12.2 Å². The van der Waals surface area contributed by atoms with Gasteiger partial charge in [0.2, 0.25) is 0 Å². The fourth-order valence-electron chi connectivity index (χ4n) is 3.04. The third-order valence-electron chi connectivity index (χ3n) is 4.50. The van der Waals surface area contributed by atoms with Gasteiger partial charge in [-0.25, -0.2) is 9.48 Å². The molecule has 0 saturated carbocycles. The van der Waals surface area contributed by atoms with Gasteiger partial charge in [0.1, 0.15) is 5.60 Å². The first kappa shape index (κ1) is 22.1. The molecule has 7 heteroatoms. The number of anilines is 1. The highest BCUT2D eigenvalue weighted by Gasteiger charge is 2.21. The largest absolute Gasteiger partial charge is 0.444 e. The number of amides is 2. The number of hydrogen-bond acceptors (Lipinski definition) is 4. The molecule has 2 amide bonds. The summed E-state index contributed by atoms with van der Waals surface area (Å²) >= 11 is 0. The van der Waals surface area contributed by atoms with Gasteiger partial charge in [0.15, 0.2) is 5.69 Å². The van der Waals surface area contributed by atoms with Crippen LogP contribution in [0, 0.1) is 6.92 Å². The van der Waals surface area contributed by atoms with E-state index >= 15 is 0 Å². The Hall–Kier alpha value is -3.61. The summed E-state index contributed by atoms with van der Waals surface area (Å²) in [6.45, 7) is 7.67. The number of carbonyl (C=O) groups is 2. The van der Waals surface area contributed by atoms with Crippen LogP contribution in [-0.4, -0.2) is 39.3 Å². The van der Waals surface area contributed by atoms with Gasteiger partial charge >= 0.3 is 6.09 Å². The zero-order valence-corrected chi connectivity index (χ0v) is 18.5. The zero-order chi connectivity index (χ0) is 22.6. The third kappa shape index (κ3) is 5.72. The van der Waals surface area contributed by atoms with E-state index in [2.05, 4.69) is 10.4 Å². The Morgan fingerprint density at radius 3 is 2.39 bits per heavy atom. The second-order valence-corrected chi connectivity index (χ2v) is 8.37. The Kier molecular flexibility index (Phi) is 6.44. The van der Waals surface area contributed by atoms with Crippen LogP contribution in [0.1, 0.15) is 42.5 Å². The first-order valence-corrected chi connectivity index (χ1v) is 10.1. The summed E-state index contributed by atoms with van der Waals surface area (Å²) in [6.07, 6.45) is -0.425. The number of hydrogen-bond donors (Lipinski definition) is 1. The monoisotopic (exact) mass is 420 g/mol. The van der Waals surface area contributed by atoms with Crippen molar-refractivity contribution >= 4 is 17.7 Å². The van der Waals surface area contributed by atoms with Crippen LogP contribution in [0.5, 0.6) is 0 Å². The molecule has 0 atom stereocenters. The van der Waals surface area contributed by atoms with E-state index in [1.54, 1.807) is 23.9 Å². The second-order valence-electron chi connectivity index (χ2n) is 8.37. The Labute approximate surface area is 182 Å². The lowest BCUT2D eigenvalue weighted by Crippen LogP contribution is -2.34. The Morgan fingerprint density at radius 1 is 1.06 bits per heavy atom. The molecule has 7 nitrogen and oxygen atoms in total. The standard InChI is InChI=1S/C24H28N4O3/c1-17-15-21(26-28(17)19-12-7-6-8-13-19)22(29)25-20-14-10-9-11-18(20)16-27(5)23(30)31-24(2,3)4/h6-15H,16H2,1-5H3,(H,25,29). The van der Waals surface area contributed by atoms with E-state index < -0.39 is 11.7 Å². The summed E-state index contributed by atoms with van der Waals surface area (Å²) < 4.78 is 7.14. The molecule has 1 heterocycles. The number of para-hydroxylation sites is 2. The molecule has 3 aromatic rings. The maximum Gasteiger partial charge on any atom is 0.410 e. The molecule has 2 aromatic carbocycles. The van der Waals surface area contributed by atoms with Gasteiger partial charge in [-0.2, -0.15) is 5.10 Å². The Morgan fingerprint density at radius 2 is 1.71 bits per heavy atom. The Balaban J connectivity index is 1.75. The van der Waals surface area contributed by atoms with Crippen molar-refractivity contribution in [1.29, 1.82) is 0 Å². The average Bonchev–Trinajstić information content (AvgIpc) is 3.10. The van der Waals surface area contributed by atoms with Crippen molar-refractivity contribution < 1.29 is 14.3 Å². The van der Waals surface area contributed by atoms with Gasteiger partial charge in [-0.1, -0.05) is 36.4 Å². The van der Waals surface area contributed by atoms with Crippen LogP contribution < -0.4 is 5.32 Å². The van der Waals surface area contributed by atoms with Gasteiger partial charge in [0.25, 0.3) is 5.91 Å². The van der Waals surface area contributed by atoms with Gasteiger partial charge in [-0.3, -0.25) is 4.79 Å². The Bertz CT molecular complexity index is 1070. The van der Waals surface area contributed by atoms with Crippen molar-refractivity contribution in [2.75, 3.05) is 12.4 Å². The fourth-order valence-corrected chi connectivity index (χ4v) is 3.04. The summed E-state index contributed by atoms with van der Waals surface area (Å²) in [6, 6.07) is 18.8. The van der Waals surface area contributed by atoms with Crippen LogP contribution in [0.4, 0.5) is 10.5 Å². The summed E-state index contributed by atoms with van der Waals surface area (Å²) in [7, 11) is 1.66. The van der Waals surface area contributed by atoms with E-state index in [1.165, 1.54) is 4.90 Å². The predicted molar refractivity (Wildman–Crippen MR) is 120 cm³/mol. The topological polar surface area (TPSA) is 76.5 Å². The van der Waals surface area contributed by atoms with Crippen LogP contribution in [-0.2, 0) is 11.3 Å². The van der Waals surface area contributed by atoms with Crippen LogP contribution in [0.25, 0.3) is 5.69 Å². The van der Waals surface area contributed by atoms with Crippen molar-refractivity contribution in [2.45, 2.75) is 39.8 Å². The zero-order valence-electron chi connectivity index (χ0n) is 18.5. The van der Waals surface area contributed by atoms with Crippen molar-refractivity contribution in [3.05, 3.63) is 77.6 Å². The molecule has 0 fully saturated rings. The molecule has 0 saturated heterocycles. The highest BCUT2D eigenvalue weighted by Crippen LogP contribution is 2.20. The number of aromatic nitrogens is 2. The van der Waals surface area contributed by atoms with Crippen molar-refractivity contribution in [3.63, 3.8) is 0 Å². The number of benzene rings is 2. The number of nitrogens with zero attached hydrogens (tertiary/aromatic N) is 3. The average molecular weight is 421 g/mol. The molecular weight excluding hydrogens is 392 g/mol. The normalized spacial score (nSPS) is 11.1. The summed E-state index contributed by atoms with van der Waals surface area (Å²) in [4.78, 5) is 26.7. The van der Waals surface area contributed by atoms with Crippen molar-refractivity contribution in [1.82, 2.24) is 14.7 Å². The number of nitrogens with one attached hydrogen (secondary N) is 1. The number of rotatable bonds is 5. The third-order valence-corrected chi connectivity index (χ3v) is 4.50. The van der Waals surface area contributed by atoms with Gasteiger partial charge in [-0.05, 0) is 57.5 Å². The minimum absolute atomic E-state index is 0.294. The van der Waals surface area contributed by atoms with E-state index in [0.717, 1.165) is 16.9 Å². The van der Waals surface area contributed by atoms with E-state index in [-0.39, 0.29) is 5.91 Å². The lowest BCUT2D eigenvalue weighted by atomic mass is 10.1. The quantitative estimate of drug-likeness (QED) is 0.643. The molecule has 0 unspecified atom stereocenters. The minimum atomic E-state index is -0.575. The van der Waals surface area contributed by atoms with E-state index in [4.69, 9.17) is 4.74 Å². The highest BCUT2D eigenvalue weighted by molar-refractivity contribution is 6.03. The number of carbonyl (C=O) groups excluding carboxylic acids is 2. The van der Waals surface area contributed by atoms with Crippen LogP contribution in [0.2, 0.25) is 0 Å². The molecule has 31 heavy (non-hydrogen) atoms. The first-order chi connectivity index (χ1) is 14.6. The summed E-state index contributed by atoms with van der Waals surface area (Å²) in [5, 5.41) is 7.37. The van der Waals surface area contributed by atoms with Gasteiger partial charge < -0.3 is 15.0 Å². The fraction of sp³-hybridized carbons (Fsp3) is 0.292. The molecule has 0 bridgehead atoms. The van der Waals surface area contributed by atoms with Gasteiger partial charge in [-0.15, -0.1) is 0 Å². The summed E-state index contributed by atoms with van der Waals surface area (Å²) in [5.41, 5.74) is 2.90. The number of aryl methyl sites for hydroxylation is 1. The molecule has 1 N–H and O–H groups in total. The van der Waals surface area contributed by atoms with Crippen LogP contribution in [0.3, 0.4) is 0 Å². The number of ether oxygens (including phenoxy) is 1. The molecule has 0 aliphatic heterocycles. The predicted octanol–water partition coefficient (Wildman–Crippen LogP) is 4.80. The van der Waals surface area contributed by atoms with Crippen LogP contribution >= 0.6 is 0 Å². The smallest absolute Gasteiger partial charge is 0.410 e. The molecular formula is C24H28N4O3. The first-order valence-electron chi connectivity index (χ1n) is 10.1. The van der Waals surface area contributed by atoms with Gasteiger partial charge in [0, 0.05) is 18.4 Å². The van der Waals surface area contributed by atoms with Crippen molar-refractivity contribution in [2.24, 2.45) is 0 Å².